The van der Waals surface area contributed by atoms with E-state index in [1.807, 2.05) is 0 Å². The summed E-state index contributed by atoms with van der Waals surface area (Å²) in [6.45, 7) is 0. The first-order valence-corrected chi connectivity index (χ1v) is 10.0. The number of halogens is 8. The van der Waals surface area contributed by atoms with Crippen molar-refractivity contribution >= 4 is 46.5 Å². The number of nitrogens with zero attached hydrogens (tertiary/aromatic N) is 1. The number of rotatable bonds is 4. The second-order valence-electron chi connectivity index (χ2n) is 5.96. The van der Waals surface area contributed by atoms with E-state index in [0.717, 1.165) is 17.8 Å². The molecular formula is C18H11Cl2F6N3S. The fraction of sp³-hybridized carbons (Fsp3) is 0.167. The Morgan fingerprint density at radius 3 is 2.10 bits per heavy atom. The zero-order valence-electron chi connectivity index (χ0n) is 14.8. The summed E-state index contributed by atoms with van der Waals surface area (Å²) < 4.78 is 79.3. The van der Waals surface area contributed by atoms with E-state index >= 15 is 0 Å². The molecule has 2 aromatic carbocycles. The molecule has 0 unspecified atom stereocenters. The largest absolute Gasteiger partial charge is 0.417 e. The quantitative estimate of drug-likeness (QED) is 0.291. The Balaban J connectivity index is 2.13. The van der Waals surface area contributed by atoms with Crippen molar-refractivity contribution in [2.45, 2.75) is 17.4 Å². The molecule has 2 N–H and O–H groups in total. The van der Waals surface area contributed by atoms with E-state index in [2.05, 4.69) is 15.5 Å². The van der Waals surface area contributed by atoms with E-state index < -0.39 is 23.5 Å². The van der Waals surface area contributed by atoms with E-state index in [4.69, 9.17) is 23.2 Å². The number of benzene rings is 2. The van der Waals surface area contributed by atoms with Crippen LogP contribution in [0.1, 0.15) is 11.1 Å². The van der Waals surface area contributed by atoms with Crippen molar-refractivity contribution in [3.8, 4) is 11.1 Å². The van der Waals surface area contributed by atoms with Gasteiger partial charge < -0.3 is 5.32 Å². The van der Waals surface area contributed by atoms with Crippen molar-refractivity contribution in [2.24, 2.45) is 0 Å². The summed E-state index contributed by atoms with van der Waals surface area (Å²) in [6.07, 6.45) is -7.68. The maximum atomic E-state index is 13.5. The molecule has 0 aliphatic carbocycles. The normalized spacial score (nSPS) is 12.3. The van der Waals surface area contributed by atoms with E-state index in [9.17, 15) is 26.3 Å². The molecule has 0 radical (unpaired) electrons. The van der Waals surface area contributed by atoms with E-state index in [0.29, 0.717) is 12.1 Å². The Labute approximate surface area is 180 Å². The lowest BCUT2D eigenvalue weighted by Gasteiger charge is -2.16. The van der Waals surface area contributed by atoms with Gasteiger partial charge in [0.05, 0.1) is 32.4 Å². The molecule has 0 fully saturated rings. The number of hydrogen-bond acceptors (Lipinski definition) is 3. The summed E-state index contributed by atoms with van der Waals surface area (Å²) in [7, 11) is 0. The molecule has 0 bridgehead atoms. The molecule has 0 spiro atoms. The van der Waals surface area contributed by atoms with Crippen LogP contribution >= 0.6 is 35.0 Å². The summed E-state index contributed by atoms with van der Waals surface area (Å²) in [6, 6.07) is 6.23. The van der Waals surface area contributed by atoms with Crippen molar-refractivity contribution in [2.75, 3.05) is 11.6 Å². The average Bonchev–Trinajstić information content (AvgIpc) is 3.05. The molecule has 0 aliphatic heterocycles. The number of alkyl halides is 6. The number of thioether (sulfide) groups is 1. The fourth-order valence-electron chi connectivity index (χ4n) is 2.74. The lowest BCUT2D eigenvalue weighted by molar-refractivity contribution is -0.138. The summed E-state index contributed by atoms with van der Waals surface area (Å²) in [4.78, 5) is 0. The zero-order valence-corrected chi connectivity index (χ0v) is 17.2. The van der Waals surface area contributed by atoms with E-state index in [1.54, 1.807) is 6.26 Å². The molecule has 3 aromatic rings. The molecule has 0 saturated heterocycles. The van der Waals surface area contributed by atoms with Gasteiger partial charge in [0, 0.05) is 5.56 Å². The monoisotopic (exact) mass is 485 g/mol. The van der Waals surface area contributed by atoms with Crippen molar-refractivity contribution < 1.29 is 26.3 Å². The van der Waals surface area contributed by atoms with Crippen molar-refractivity contribution in [1.29, 1.82) is 0 Å². The fourth-order valence-corrected chi connectivity index (χ4v) is 3.88. The summed E-state index contributed by atoms with van der Waals surface area (Å²) in [5, 5.41) is 8.77. The lowest BCUT2D eigenvalue weighted by atomic mass is 10.0. The Hall–Kier alpha value is -2.04. The number of aromatic amines is 1. The highest BCUT2D eigenvalue weighted by atomic mass is 35.5. The number of nitrogens with one attached hydrogen (secondary N) is 2. The van der Waals surface area contributed by atoms with E-state index in [1.165, 1.54) is 18.2 Å². The molecule has 30 heavy (non-hydrogen) atoms. The number of aromatic nitrogens is 2. The van der Waals surface area contributed by atoms with Gasteiger partial charge in [0.25, 0.3) is 0 Å². The molecule has 0 atom stereocenters. The second kappa shape index (κ2) is 8.24. The third-order valence-electron chi connectivity index (χ3n) is 4.05. The topological polar surface area (TPSA) is 40.7 Å². The molecule has 0 saturated carbocycles. The van der Waals surface area contributed by atoms with Crippen LogP contribution in [0.15, 0.2) is 41.4 Å². The van der Waals surface area contributed by atoms with Gasteiger partial charge in [0.1, 0.15) is 10.8 Å². The highest BCUT2D eigenvalue weighted by molar-refractivity contribution is 7.98. The second-order valence-corrected chi connectivity index (χ2v) is 7.57. The Bertz CT molecular complexity index is 1060. The minimum absolute atomic E-state index is 0.000362. The predicted octanol–water partition coefficient (Wildman–Crippen LogP) is 7.89. The van der Waals surface area contributed by atoms with Gasteiger partial charge in [-0.2, -0.15) is 31.4 Å². The van der Waals surface area contributed by atoms with Crippen LogP contribution < -0.4 is 5.32 Å². The molecule has 1 heterocycles. The van der Waals surface area contributed by atoms with Gasteiger partial charge in [-0.3, -0.25) is 5.10 Å². The molecule has 3 nitrogen and oxygen atoms in total. The first-order valence-electron chi connectivity index (χ1n) is 8.05. The summed E-state index contributed by atoms with van der Waals surface area (Å²) in [5.74, 6) is -0.000362. The molecule has 12 heteroatoms. The van der Waals surface area contributed by atoms with Crippen LogP contribution in [0.5, 0.6) is 0 Å². The van der Waals surface area contributed by atoms with Crippen molar-refractivity contribution in [3.63, 3.8) is 0 Å². The SMILES string of the molecule is CSc1n[nH]c(Nc2c(Cl)cc(C(F)(F)F)cc2Cl)c1-c1ccccc1C(F)(F)F. The van der Waals surface area contributed by atoms with Crippen LogP contribution in [0, 0.1) is 0 Å². The van der Waals surface area contributed by atoms with Crippen LogP contribution in [-0.2, 0) is 12.4 Å². The van der Waals surface area contributed by atoms with Crippen molar-refractivity contribution in [3.05, 3.63) is 57.6 Å². The minimum atomic E-state index is -4.66. The van der Waals surface area contributed by atoms with Crippen LogP contribution in [-0.4, -0.2) is 16.5 Å². The molecule has 3 rings (SSSR count). The molecule has 160 valence electrons. The molecule has 0 aliphatic rings. The van der Waals surface area contributed by atoms with Crippen LogP contribution in [0.25, 0.3) is 11.1 Å². The van der Waals surface area contributed by atoms with Crippen LogP contribution in [0.3, 0.4) is 0 Å². The maximum absolute atomic E-state index is 13.5. The Morgan fingerprint density at radius 1 is 0.967 bits per heavy atom. The Kier molecular flexibility index (Phi) is 6.22. The third kappa shape index (κ3) is 4.50. The maximum Gasteiger partial charge on any atom is 0.417 e. The van der Waals surface area contributed by atoms with Gasteiger partial charge in [-0.05, 0) is 24.5 Å². The standard InChI is InChI=1S/C18H11Cl2F6N3S/c1-30-16-13(9-4-2-3-5-10(9)18(24,25)26)15(28-29-16)27-14-11(19)6-8(7-12(14)20)17(21,22)23/h2-7H,1H3,(H2,27,28,29). The van der Waals surface area contributed by atoms with Crippen LogP contribution in [0.2, 0.25) is 10.0 Å². The van der Waals surface area contributed by atoms with Crippen molar-refractivity contribution in [1.82, 2.24) is 10.2 Å². The number of H-pyrrole nitrogens is 1. The predicted molar refractivity (Wildman–Crippen MR) is 106 cm³/mol. The minimum Gasteiger partial charge on any atom is -0.338 e. The van der Waals surface area contributed by atoms with Gasteiger partial charge in [0.2, 0.25) is 0 Å². The number of hydrogen-bond donors (Lipinski definition) is 2. The van der Waals surface area contributed by atoms with Gasteiger partial charge in [-0.15, -0.1) is 11.8 Å². The molecule has 0 amide bonds. The van der Waals surface area contributed by atoms with Crippen LogP contribution in [0.4, 0.5) is 37.8 Å². The Morgan fingerprint density at radius 2 is 1.57 bits per heavy atom. The summed E-state index contributed by atoms with van der Waals surface area (Å²) in [5.41, 5.74) is -2.13. The van der Waals surface area contributed by atoms with E-state index in [-0.39, 0.29) is 37.7 Å². The van der Waals surface area contributed by atoms with Gasteiger partial charge in [0.15, 0.2) is 0 Å². The summed E-state index contributed by atoms with van der Waals surface area (Å²) >= 11 is 13.0. The highest BCUT2D eigenvalue weighted by Gasteiger charge is 2.35. The van der Waals surface area contributed by atoms with Gasteiger partial charge in [-0.1, -0.05) is 41.4 Å². The average molecular weight is 486 g/mol. The first-order chi connectivity index (χ1) is 13.9. The smallest absolute Gasteiger partial charge is 0.338 e. The first kappa shape index (κ1) is 22.6. The molecular weight excluding hydrogens is 475 g/mol. The third-order valence-corrected chi connectivity index (χ3v) is 5.33. The lowest BCUT2D eigenvalue weighted by Crippen LogP contribution is -2.08. The highest BCUT2D eigenvalue weighted by Crippen LogP contribution is 2.45. The van der Waals surface area contributed by atoms with Gasteiger partial charge in [-0.25, -0.2) is 0 Å². The molecule has 1 aromatic heterocycles. The van der Waals surface area contributed by atoms with Gasteiger partial charge >= 0.3 is 12.4 Å². The zero-order chi connectivity index (χ0) is 22.3. The number of anilines is 2.